The lowest BCUT2D eigenvalue weighted by Crippen LogP contribution is -2.09. The highest BCUT2D eigenvalue weighted by atomic mass is 32.1. The van der Waals surface area contributed by atoms with Crippen LogP contribution >= 0.6 is 22.7 Å². The number of para-hydroxylation sites is 1. The molecule has 0 fully saturated rings. The Morgan fingerprint density at radius 1 is 0.340 bits per heavy atom. The standard InChI is InChI=1S/C46H27NOS2/c1-4-10-41-35(7-1)39-26-33(20-22-42(39)48-41)47(34-19-21-38-36-8-2-5-11-43(36)50-46(38)27-34)32-17-15-28(16-18-32)29-13-14-30-25-45-40(24-31(30)23-29)37-9-3-6-12-44(37)49-45/h1-27H. The van der Waals surface area contributed by atoms with Crippen LogP contribution in [0.3, 0.4) is 0 Å². The summed E-state index contributed by atoms with van der Waals surface area (Å²) < 4.78 is 11.5. The van der Waals surface area contributed by atoms with Gasteiger partial charge in [0.15, 0.2) is 0 Å². The number of thiophene rings is 2. The van der Waals surface area contributed by atoms with Crippen LogP contribution in [-0.4, -0.2) is 0 Å². The summed E-state index contributed by atoms with van der Waals surface area (Å²) in [5.74, 6) is 0. The summed E-state index contributed by atoms with van der Waals surface area (Å²) in [5, 5.41) is 10.1. The van der Waals surface area contributed by atoms with Crippen molar-refractivity contribution in [3.05, 3.63) is 164 Å². The van der Waals surface area contributed by atoms with Gasteiger partial charge in [-0.15, -0.1) is 22.7 Å². The van der Waals surface area contributed by atoms with Gasteiger partial charge in [-0.05, 0) is 101 Å². The minimum absolute atomic E-state index is 0.897. The molecule has 3 heterocycles. The third-order valence-corrected chi connectivity index (χ3v) is 12.3. The van der Waals surface area contributed by atoms with E-state index in [1.165, 1.54) is 62.2 Å². The smallest absolute Gasteiger partial charge is 0.135 e. The van der Waals surface area contributed by atoms with E-state index in [9.17, 15) is 0 Å². The maximum atomic E-state index is 6.21. The van der Waals surface area contributed by atoms with Gasteiger partial charge in [0.1, 0.15) is 11.2 Å². The Balaban J connectivity index is 1.04. The normalized spacial score (nSPS) is 12.0. The van der Waals surface area contributed by atoms with Crippen LogP contribution in [0.15, 0.2) is 168 Å². The van der Waals surface area contributed by atoms with Gasteiger partial charge in [0.05, 0.1) is 0 Å². The van der Waals surface area contributed by atoms with E-state index < -0.39 is 0 Å². The Kier molecular flexibility index (Phi) is 6.03. The molecule has 0 aliphatic carbocycles. The molecule has 0 unspecified atom stereocenters. The summed E-state index contributed by atoms with van der Waals surface area (Å²) in [7, 11) is 0. The topological polar surface area (TPSA) is 16.4 Å². The van der Waals surface area contributed by atoms with E-state index in [2.05, 4.69) is 157 Å². The highest BCUT2D eigenvalue weighted by Gasteiger charge is 2.17. The molecule has 0 saturated carbocycles. The first-order valence-electron chi connectivity index (χ1n) is 16.8. The number of furan rings is 1. The van der Waals surface area contributed by atoms with E-state index in [-0.39, 0.29) is 0 Å². The van der Waals surface area contributed by atoms with Crippen LogP contribution in [0.5, 0.6) is 0 Å². The van der Waals surface area contributed by atoms with Crippen molar-refractivity contribution in [2.75, 3.05) is 4.90 Å². The molecule has 11 aromatic rings. The Morgan fingerprint density at radius 2 is 0.940 bits per heavy atom. The maximum Gasteiger partial charge on any atom is 0.135 e. The van der Waals surface area contributed by atoms with Crippen LogP contribution in [0.2, 0.25) is 0 Å². The lowest BCUT2D eigenvalue weighted by atomic mass is 9.99. The van der Waals surface area contributed by atoms with Gasteiger partial charge in [-0.25, -0.2) is 0 Å². The number of hydrogen-bond donors (Lipinski definition) is 0. The van der Waals surface area contributed by atoms with Crippen molar-refractivity contribution in [3.63, 3.8) is 0 Å². The molecule has 0 N–H and O–H groups in total. The van der Waals surface area contributed by atoms with E-state index >= 15 is 0 Å². The van der Waals surface area contributed by atoms with E-state index in [1.807, 2.05) is 34.8 Å². The van der Waals surface area contributed by atoms with Crippen molar-refractivity contribution in [2.45, 2.75) is 0 Å². The van der Waals surface area contributed by atoms with Gasteiger partial charge in [0, 0.05) is 68.2 Å². The molecule has 234 valence electrons. The zero-order valence-electron chi connectivity index (χ0n) is 26.8. The second-order valence-electron chi connectivity index (χ2n) is 12.9. The number of rotatable bonds is 4. The largest absolute Gasteiger partial charge is 0.456 e. The quantitative estimate of drug-likeness (QED) is 0.185. The first-order valence-corrected chi connectivity index (χ1v) is 18.5. The first kappa shape index (κ1) is 28.0. The Hall–Kier alpha value is -5.94. The minimum atomic E-state index is 0.897. The minimum Gasteiger partial charge on any atom is -0.456 e. The summed E-state index contributed by atoms with van der Waals surface area (Å²) >= 11 is 3.72. The molecule has 50 heavy (non-hydrogen) atoms. The molecular weight excluding hydrogens is 647 g/mol. The van der Waals surface area contributed by atoms with Gasteiger partial charge < -0.3 is 9.32 Å². The molecule has 0 radical (unpaired) electrons. The maximum absolute atomic E-state index is 6.21. The average Bonchev–Trinajstić information content (AvgIpc) is 3.84. The lowest BCUT2D eigenvalue weighted by Gasteiger charge is -2.26. The van der Waals surface area contributed by atoms with Crippen molar-refractivity contribution in [2.24, 2.45) is 0 Å². The molecule has 2 nitrogen and oxygen atoms in total. The molecule has 0 bridgehead atoms. The molecule has 0 saturated heterocycles. The molecule has 0 atom stereocenters. The van der Waals surface area contributed by atoms with Crippen molar-refractivity contribution in [1.82, 2.24) is 0 Å². The molecular formula is C46H27NOS2. The zero-order valence-corrected chi connectivity index (χ0v) is 28.4. The van der Waals surface area contributed by atoms with E-state index in [1.54, 1.807) is 0 Å². The van der Waals surface area contributed by atoms with E-state index in [0.29, 0.717) is 0 Å². The fourth-order valence-electron chi connectivity index (χ4n) is 7.60. The summed E-state index contributed by atoms with van der Waals surface area (Å²) in [5.41, 5.74) is 7.54. The fourth-order valence-corrected chi connectivity index (χ4v) is 9.88. The first-order chi connectivity index (χ1) is 24.7. The second-order valence-corrected chi connectivity index (χ2v) is 15.1. The van der Waals surface area contributed by atoms with Gasteiger partial charge in [-0.3, -0.25) is 0 Å². The molecule has 0 spiro atoms. The summed E-state index contributed by atoms with van der Waals surface area (Å²) in [6.07, 6.45) is 0. The molecule has 0 aliphatic rings. The van der Waals surface area contributed by atoms with Gasteiger partial charge in [-0.2, -0.15) is 0 Å². The third-order valence-electron chi connectivity index (χ3n) is 10.0. The monoisotopic (exact) mass is 673 g/mol. The summed E-state index contributed by atoms with van der Waals surface area (Å²) in [4.78, 5) is 2.37. The lowest BCUT2D eigenvalue weighted by molar-refractivity contribution is 0.669. The Morgan fingerprint density at radius 3 is 1.76 bits per heavy atom. The summed E-state index contributed by atoms with van der Waals surface area (Å²) in [6.45, 7) is 0. The van der Waals surface area contributed by atoms with Crippen LogP contribution in [-0.2, 0) is 0 Å². The van der Waals surface area contributed by atoms with Crippen molar-refractivity contribution >= 4 is 113 Å². The fraction of sp³-hybridized carbons (Fsp3) is 0. The SMILES string of the molecule is c1ccc2c(c1)oc1ccc(N(c3ccc(-c4ccc5cc6sc7ccccc7c6cc5c4)cc3)c3ccc4c(c3)sc3ccccc34)cc12. The zero-order chi connectivity index (χ0) is 32.8. The predicted octanol–water partition coefficient (Wildman–Crippen LogP) is 14.6. The predicted molar refractivity (Wildman–Crippen MR) is 217 cm³/mol. The van der Waals surface area contributed by atoms with Gasteiger partial charge in [0.25, 0.3) is 0 Å². The van der Waals surface area contributed by atoms with Gasteiger partial charge in [0.2, 0.25) is 0 Å². The third kappa shape index (κ3) is 4.32. The van der Waals surface area contributed by atoms with E-state index in [4.69, 9.17) is 4.42 Å². The average molecular weight is 674 g/mol. The molecule has 8 aromatic carbocycles. The van der Waals surface area contributed by atoms with Gasteiger partial charge >= 0.3 is 0 Å². The van der Waals surface area contributed by atoms with E-state index in [0.717, 1.165) is 39.0 Å². The Labute approximate surface area is 295 Å². The van der Waals surface area contributed by atoms with Crippen LogP contribution in [0.4, 0.5) is 17.1 Å². The number of hydrogen-bond acceptors (Lipinski definition) is 4. The molecule has 3 aromatic heterocycles. The van der Waals surface area contributed by atoms with Gasteiger partial charge in [-0.1, -0.05) is 84.9 Å². The second kappa shape index (κ2) is 10.8. The number of nitrogens with zero attached hydrogens (tertiary/aromatic N) is 1. The van der Waals surface area contributed by atoms with Crippen molar-refractivity contribution in [1.29, 1.82) is 0 Å². The molecule has 0 aliphatic heterocycles. The van der Waals surface area contributed by atoms with Crippen molar-refractivity contribution in [3.8, 4) is 11.1 Å². The summed E-state index contributed by atoms with van der Waals surface area (Å²) in [6, 6.07) is 59.7. The number of anilines is 3. The van der Waals surface area contributed by atoms with Crippen molar-refractivity contribution < 1.29 is 4.42 Å². The van der Waals surface area contributed by atoms with Crippen LogP contribution in [0.25, 0.3) is 84.2 Å². The Bertz CT molecular complexity index is 3110. The highest BCUT2D eigenvalue weighted by Crippen LogP contribution is 2.43. The molecule has 0 amide bonds. The molecule has 11 rings (SSSR count). The number of benzene rings is 8. The molecule has 4 heteroatoms. The van der Waals surface area contributed by atoms with Crippen LogP contribution in [0, 0.1) is 0 Å². The van der Waals surface area contributed by atoms with Crippen LogP contribution in [0.1, 0.15) is 0 Å². The highest BCUT2D eigenvalue weighted by molar-refractivity contribution is 7.26. The number of fused-ring (bicyclic) bond motifs is 10. The van der Waals surface area contributed by atoms with Crippen LogP contribution < -0.4 is 4.90 Å².